The number of nitrogens with zero attached hydrogens (tertiary/aromatic N) is 3. The maximum atomic E-state index is 12.3. The first kappa shape index (κ1) is 12.1. The Labute approximate surface area is 113 Å². The lowest BCUT2D eigenvalue weighted by molar-refractivity contribution is 0.102. The molecule has 7 nitrogen and oxygen atoms in total. The lowest BCUT2D eigenvalue weighted by Gasteiger charge is -2.02. The summed E-state index contributed by atoms with van der Waals surface area (Å²) in [4.78, 5) is 20.1. The highest BCUT2D eigenvalue weighted by Crippen LogP contribution is 2.25. The van der Waals surface area contributed by atoms with Crippen LogP contribution in [0.1, 0.15) is 16.1 Å². The summed E-state index contributed by atoms with van der Waals surface area (Å²) >= 11 is 0. The molecule has 0 aliphatic rings. The molecule has 0 atom stereocenters. The predicted molar refractivity (Wildman–Crippen MR) is 68.9 cm³/mol. The fourth-order valence-corrected chi connectivity index (χ4v) is 1.75. The quantitative estimate of drug-likeness (QED) is 0.784. The lowest BCUT2D eigenvalue weighted by Crippen LogP contribution is -2.15. The highest BCUT2D eigenvalue weighted by molar-refractivity contribution is 6.07. The number of carbonyl (C=O) groups is 1. The van der Waals surface area contributed by atoms with Crippen molar-refractivity contribution >= 4 is 11.9 Å². The largest absolute Gasteiger partial charge is 0.463 e. The van der Waals surface area contributed by atoms with E-state index in [1.807, 2.05) is 0 Å². The molecule has 1 N–H and O–H groups in total. The molecule has 0 unspecified atom stereocenters. The molecule has 0 fully saturated rings. The summed E-state index contributed by atoms with van der Waals surface area (Å²) < 4.78 is 10.3. The van der Waals surface area contributed by atoms with Crippen LogP contribution < -0.4 is 5.32 Å². The molecule has 0 aliphatic heterocycles. The second kappa shape index (κ2) is 4.96. The van der Waals surface area contributed by atoms with Gasteiger partial charge in [0.1, 0.15) is 11.3 Å². The van der Waals surface area contributed by atoms with E-state index >= 15 is 0 Å². The number of anilines is 1. The van der Waals surface area contributed by atoms with Crippen LogP contribution in [0.5, 0.6) is 0 Å². The highest BCUT2D eigenvalue weighted by Gasteiger charge is 2.23. The van der Waals surface area contributed by atoms with Crippen LogP contribution in [0.15, 0.2) is 45.8 Å². The number of hydrogen-bond acceptors (Lipinski definition) is 6. The van der Waals surface area contributed by atoms with Crippen LogP contribution in [-0.4, -0.2) is 21.0 Å². The average Bonchev–Trinajstić information content (AvgIpc) is 3.08. The van der Waals surface area contributed by atoms with E-state index in [0.29, 0.717) is 22.8 Å². The van der Waals surface area contributed by atoms with E-state index in [-0.39, 0.29) is 5.95 Å². The van der Waals surface area contributed by atoms with Crippen LogP contribution in [0, 0.1) is 6.92 Å². The summed E-state index contributed by atoms with van der Waals surface area (Å²) in [5, 5.41) is 6.44. The van der Waals surface area contributed by atoms with E-state index in [1.165, 1.54) is 18.7 Å². The normalized spacial score (nSPS) is 10.4. The van der Waals surface area contributed by atoms with E-state index in [0.717, 1.165) is 0 Å². The van der Waals surface area contributed by atoms with Gasteiger partial charge in [0.15, 0.2) is 11.5 Å². The van der Waals surface area contributed by atoms with Crippen molar-refractivity contribution in [1.82, 2.24) is 15.1 Å². The summed E-state index contributed by atoms with van der Waals surface area (Å²) in [7, 11) is 0. The monoisotopic (exact) mass is 270 g/mol. The molecule has 3 rings (SSSR count). The maximum Gasteiger partial charge on any atom is 0.264 e. The first-order chi connectivity index (χ1) is 9.75. The van der Waals surface area contributed by atoms with Crippen molar-refractivity contribution in [2.45, 2.75) is 6.92 Å². The Bertz CT molecular complexity index is 719. The van der Waals surface area contributed by atoms with Crippen molar-refractivity contribution in [3.63, 3.8) is 0 Å². The third-order valence-corrected chi connectivity index (χ3v) is 2.64. The zero-order valence-electron chi connectivity index (χ0n) is 10.5. The van der Waals surface area contributed by atoms with E-state index < -0.39 is 5.91 Å². The van der Waals surface area contributed by atoms with Crippen LogP contribution in [0.4, 0.5) is 5.95 Å². The molecule has 1 amide bonds. The Morgan fingerprint density at radius 2 is 2.05 bits per heavy atom. The second-order valence-electron chi connectivity index (χ2n) is 3.97. The number of rotatable bonds is 3. The van der Waals surface area contributed by atoms with Crippen LogP contribution in [0.25, 0.3) is 11.5 Å². The number of carbonyl (C=O) groups excluding carboxylic acids is 1. The Kier molecular flexibility index (Phi) is 3.00. The van der Waals surface area contributed by atoms with Gasteiger partial charge in [0.05, 0.1) is 6.26 Å². The third kappa shape index (κ3) is 2.16. The Balaban J connectivity index is 1.94. The first-order valence-corrected chi connectivity index (χ1v) is 5.84. The van der Waals surface area contributed by atoms with Crippen LogP contribution in [-0.2, 0) is 0 Å². The average molecular weight is 270 g/mol. The molecule has 100 valence electrons. The fourth-order valence-electron chi connectivity index (χ4n) is 1.75. The van der Waals surface area contributed by atoms with Crippen molar-refractivity contribution in [2.75, 3.05) is 5.32 Å². The molecule has 0 aliphatic carbocycles. The molecular weight excluding hydrogens is 260 g/mol. The zero-order valence-corrected chi connectivity index (χ0v) is 10.5. The smallest absolute Gasteiger partial charge is 0.264 e. The maximum absolute atomic E-state index is 12.3. The topological polar surface area (TPSA) is 94.0 Å². The van der Waals surface area contributed by atoms with Gasteiger partial charge in [-0.1, -0.05) is 5.16 Å². The first-order valence-electron chi connectivity index (χ1n) is 5.84. The minimum Gasteiger partial charge on any atom is -0.463 e. The Morgan fingerprint density at radius 1 is 1.25 bits per heavy atom. The molecule has 3 heterocycles. The molecule has 0 aromatic carbocycles. The number of hydrogen-bond donors (Lipinski definition) is 1. The molecule has 3 aromatic heterocycles. The minimum atomic E-state index is -0.402. The second-order valence-corrected chi connectivity index (χ2v) is 3.97. The molecule has 3 aromatic rings. The minimum absolute atomic E-state index is 0.212. The molecule has 0 radical (unpaired) electrons. The Hall–Kier alpha value is -2.96. The van der Waals surface area contributed by atoms with E-state index in [9.17, 15) is 4.79 Å². The molecule has 0 saturated heterocycles. The molecule has 0 saturated carbocycles. The summed E-state index contributed by atoms with van der Waals surface area (Å²) in [6, 6.07) is 5.07. The van der Waals surface area contributed by atoms with Gasteiger partial charge in [-0.2, -0.15) is 0 Å². The molecule has 7 heteroatoms. The standard InChI is InChI=1S/C13H10N4O3/c1-8-10(11(17-20-8)9-4-2-7-19-9)12(18)16-13-14-5-3-6-15-13/h2-7H,1H3,(H,14,15,16,18). The van der Waals surface area contributed by atoms with Gasteiger partial charge in [0.2, 0.25) is 5.95 Å². The van der Waals surface area contributed by atoms with Crippen molar-refractivity contribution in [1.29, 1.82) is 0 Å². The summed E-state index contributed by atoms with van der Waals surface area (Å²) in [5.41, 5.74) is 0.647. The van der Waals surface area contributed by atoms with Gasteiger partial charge >= 0.3 is 0 Å². The van der Waals surface area contributed by atoms with Gasteiger partial charge in [-0.15, -0.1) is 0 Å². The fraction of sp³-hybridized carbons (Fsp3) is 0.0769. The van der Waals surface area contributed by atoms with Crippen LogP contribution in [0.2, 0.25) is 0 Å². The van der Waals surface area contributed by atoms with E-state index in [2.05, 4.69) is 20.4 Å². The highest BCUT2D eigenvalue weighted by atomic mass is 16.5. The number of furan rings is 1. The van der Waals surface area contributed by atoms with E-state index in [1.54, 1.807) is 25.1 Å². The number of aromatic nitrogens is 3. The molecule has 0 spiro atoms. The van der Waals surface area contributed by atoms with Gasteiger partial charge in [-0.05, 0) is 25.1 Å². The van der Waals surface area contributed by atoms with Gasteiger partial charge in [-0.25, -0.2) is 9.97 Å². The van der Waals surface area contributed by atoms with Gasteiger partial charge < -0.3 is 8.94 Å². The van der Waals surface area contributed by atoms with Gasteiger partial charge in [0, 0.05) is 12.4 Å². The number of nitrogens with one attached hydrogen (secondary N) is 1. The van der Waals surface area contributed by atoms with Crippen molar-refractivity contribution in [2.24, 2.45) is 0 Å². The van der Waals surface area contributed by atoms with Crippen molar-refractivity contribution < 1.29 is 13.7 Å². The molecule has 0 bridgehead atoms. The summed E-state index contributed by atoms with van der Waals surface area (Å²) in [6.45, 7) is 1.65. The van der Waals surface area contributed by atoms with Crippen LogP contribution >= 0.6 is 0 Å². The van der Waals surface area contributed by atoms with Crippen LogP contribution in [0.3, 0.4) is 0 Å². The summed E-state index contributed by atoms with van der Waals surface area (Å²) in [5.74, 6) is 0.663. The predicted octanol–water partition coefficient (Wildman–Crippen LogP) is 2.29. The Morgan fingerprint density at radius 3 is 2.75 bits per heavy atom. The summed E-state index contributed by atoms with van der Waals surface area (Å²) in [6.07, 6.45) is 4.58. The molecular formula is C13H10N4O3. The number of amides is 1. The SMILES string of the molecule is Cc1onc(-c2ccco2)c1C(=O)Nc1ncccn1. The van der Waals surface area contributed by atoms with Gasteiger partial charge in [0.25, 0.3) is 5.91 Å². The van der Waals surface area contributed by atoms with Crippen molar-refractivity contribution in [3.05, 3.63) is 48.2 Å². The van der Waals surface area contributed by atoms with E-state index in [4.69, 9.17) is 8.94 Å². The molecule has 20 heavy (non-hydrogen) atoms. The zero-order chi connectivity index (χ0) is 13.9. The van der Waals surface area contributed by atoms with Gasteiger partial charge in [-0.3, -0.25) is 10.1 Å². The third-order valence-electron chi connectivity index (χ3n) is 2.64. The van der Waals surface area contributed by atoms with Crippen molar-refractivity contribution in [3.8, 4) is 11.5 Å². The lowest BCUT2D eigenvalue weighted by atomic mass is 10.1. The number of aryl methyl sites for hydroxylation is 1.